The number of hydrogen-bond donors (Lipinski definition) is 2. The second-order valence-electron chi connectivity index (χ2n) is 7.83. The van der Waals surface area contributed by atoms with Crippen molar-refractivity contribution in [3.8, 4) is 0 Å². The summed E-state index contributed by atoms with van der Waals surface area (Å²) >= 11 is 13.2. The maximum absolute atomic E-state index is 13.2. The topological polar surface area (TPSA) is 102 Å². The van der Waals surface area contributed by atoms with Crippen LogP contribution in [0.4, 0.5) is 5.69 Å². The van der Waals surface area contributed by atoms with E-state index in [1.54, 1.807) is 17.5 Å². The second-order valence-corrected chi connectivity index (χ2v) is 9.59. The zero-order valence-electron chi connectivity index (χ0n) is 18.5. The second kappa shape index (κ2) is 10.5. The van der Waals surface area contributed by atoms with Crippen molar-refractivity contribution in [2.24, 2.45) is 0 Å². The molecule has 0 unspecified atom stereocenters. The van der Waals surface area contributed by atoms with Crippen LogP contribution in [0.2, 0.25) is 10.0 Å². The van der Waals surface area contributed by atoms with Gasteiger partial charge in [-0.3, -0.25) is 19.0 Å². The lowest BCUT2D eigenvalue weighted by atomic mass is 10.1. The summed E-state index contributed by atoms with van der Waals surface area (Å²) in [6.07, 6.45) is 0. The number of halogens is 2. The number of aromatic nitrogens is 2. The highest BCUT2D eigenvalue weighted by Crippen LogP contribution is 2.25. The van der Waals surface area contributed by atoms with Crippen molar-refractivity contribution in [3.05, 3.63) is 95.9 Å². The Hall–Kier alpha value is -3.40. The van der Waals surface area contributed by atoms with Gasteiger partial charge in [-0.15, -0.1) is 11.3 Å². The predicted octanol–water partition coefficient (Wildman–Crippen LogP) is 3.80. The Morgan fingerprint density at radius 2 is 1.66 bits per heavy atom. The van der Waals surface area contributed by atoms with Crippen LogP contribution in [0.1, 0.15) is 11.1 Å². The van der Waals surface area contributed by atoms with E-state index in [9.17, 15) is 19.2 Å². The minimum absolute atomic E-state index is 0.256. The Morgan fingerprint density at radius 1 is 0.943 bits per heavy atom. The van der Waals surface area contributed by atoms with Gasteiger partial charge in [-0.25, -0.2) is 9.36 Å². The molecule has 2 aromatic heterocycles. The fourth-order valence-electron chi connectivity index (χ4n) is 3.46. The van der Waals surface area contributed by atoms with Gasteiger partial charge >= 0.3 is 5.69 Å². The van der Waals surface area contributed by atoms with Crippen molar-refractivity contribution in [2.75, 3.05) is 5.32 Å². The Balaban J connectivity index is 1.57. The lowest BCUT2D eigenvalue weighted by molar-refractivity contribution is -0.122. The average Bonchev–Trinajstić information content (AvgIpc) is 3.31. The first-order valence-electron chi connectivity index (χ1n) is 10.5. The summed E-state index contributed by atoms with van der Waals surface area (Å²) < 4.78 is 2.27. The number of aryl methyl sites for hydroxylation is 1. The van der Waals surface area contributed by atoms with E-state index in [1.807, 2.05) is 31.2 Å². The van der Waals surface area contributed by atoms with Crippen molar-refractivity contribution in [2.45, 2.75) is 26.6 Å². The number of carbonyl (C=O) groups excluding carboxylic acids is 2. The highest BCUT2D eigenvalue weighted by Gasteiger charge is 2.18. The Labute approximate surface area is 213 Å². The van der Waals surface area contributed by atoms with Crippen LogP contribution in [0.5, 0.6) is 0 Å². The Kier molecular flexibility index (Phi) is 7.39. The highest BCUT2D eigenvalue weighted by atomic mass is 35.5. The number of nitrogens with zero attached hydrogens (tertiary/aromatic N) is 2. The van der Waals surface area contributed by atoms with Gasteiger partial charge in [-0.05, 0) is 42.1 Å². The molecule has 4 rings (SSSR count). The molecule has 11 heteroatoms. The molecular weight excluding hydrogens is 511 g/mol. The summed E-state index contributed by atoms with van der Waals surface area (Å²) in [4.78, 5) is 51.4. The maximum atomic E-state index is 13.2. The van der Waals surface area contributed by atoms with Gasteiger partial charge in [0.1, 0.15) is 17.8 Å². The summed E-state index contributed by atoms with van der Waals surface area (Å²) in [6, 6.07) is 13.8. The third-order valence-corrected chi connectivity index (χ3v) is 6.71. The molecule has 2 amide bonds. The molecule has 8 nitrogen and oxygen atoms in total. The van der Waals surface area contributed by atoms with E-state index in [0.717, 1.165) is 31.6 Å². The number of hydrogen-bond acceptors (Lipinski definition) is 5. The van der Waals surface area contributed by atoms with E-state index in [1.165, 1.54) is 12.1 Å². The lowest BCUT2D eigenvalue weighted by Gasteiger charge is -2.13. The third-order valence-electron chi connectivity index (χ3n) is 5.25. The molecule has 0 aliphatic heterocycles. The van der Waals surface area contributed by atoms with Gasteiger partial charge in [-0.2, -0.15) is 0 Å². The highest BCUT2D eigenvalue weighted by molar-refractivity contribution is 7.17. The number of rotatable bonds is 7. The number of anilines is 1. The molecule has 0 radical (unpaired) electrons. The molecule has 180 valence electrons. The van der Waals surface area contributed by atoms with Crippen LogP contribution in [0.15, 0.2) is 63.5 Å². The molecule has 0 aliphatic rings. The van der Waals surface area contributed by atoms with E-state index in [2.05, 4.69) is 10.6 Å². The summed E-state index contributed by atoms with van der Waals surface area (Å²) in [6.45, 7) is 1.36. The van der Waals surface area contributed by atoms with Crippen LogP contribution in [0.25, 0.3) is 10.2 Å². The van der Waals surface area contributed by atoms with Crippen molar-refractivity contribution in [1.82, 2.24) is 14.5 Å². The number of thiophene rings is 1. The smallest absolute Gasteiger partial charge is 0.332 e. The van der Waals surface area contributed by atoms with Crippen LogP contribution in [0, 0.1) is 6.92 Å². The summed E-state index contributed by atoms with van der Waals surface area (Å²) in [5.74, 6) is -1.04. The number of carbonyl (C=O) groups is 2. The number of benzene rings is 2. The average molecular weight is 531 g/mol. The monoisotopic (exact) mass is 530 g/mol. The van der Waals surface area contributed by atoms with Crippen LogP contribution in [0.3, 0.4) is 0 Å². The quantitative estimate of drug-likeness (QED) is 0.379. The normalized spacial score (nSPS) is 10.9. The maximum Gasteiger partial charge on any atom is 0.332 e. The van der Waals surface area contributed by atoms with Gasteiger partial charge in [-0.1, -0.05) is 53.0 Å². The van der Waals surface area contributed by atoms with Crippen LogP contribution < -0.4 is 21.9 Å². The molecule has 35 heavy (non-hydrogen) atoms. The number of fused-ring (bicyclic) bond motifs is 1. The minimum Gasteiger partial charge on any atom is -0.350 e. The van der Waals surface area contributed by atoms with E-state index in [-0.39, 0.29) is 22.8 Å². The van der Waals surface area contributed by atoms with E-state index in [4.69, 9.17) is 23.2 Å². The van der Waals surface area contributed by atoms with Crippen molar-refractivity contribution in [1.29, 1.82) is 0 Å². The molecule has 0 fully saturated rings. The van der Waals surface area contributed by atoms with E-state index >= 15 is 0 Å². The van der Waals surface area contributed by atoms with E-state index in [0.29, 0.717) is 16.2 Å². The molecule has 0 aliphatic carbocycles. The van der Waals surface area contributed by atoms with Gasteiger partial charge in [0, 0.05) is 11.6 Å². The Bertz CT molecular complexity index is 1540. The summed E-state index contributed by atoms with van der Waals surface area (Å²) in [5.41, 5.74) is 1.24. The zero-order valence-corrected chi connectivity index (χ0v) is 20.8. The fourth-order valence-corrected chi connectivity index (χ4v) is 4.64. The third kappa shape index (κ3) is 5.64. The van der Waals surface area contributed by atoms with E-state index < -0.39 is 29.6 Å². The number of nitrogens with one attached hydrogen (secondary N) is 2. The van der Waals surface area contributed by atoms with Crippen LogP contribution in [-0.2, 0) is 29.2 Å². The van der Waals surface area contributed by atoms with Crippen LogP contribution in [-0.4, -0.2) is 20.9 Å². The van der Waals surface area contributed by atoms with Crippen molar-refractivity contribution < 1.29 is 9.59 Å². The van der Waals surface area contributed by atoms with Crippen molar-refractivity contribution >= 4 is 62.3 Å². The zero-order chi connectivity index (χ0) is 25.1. The lowest BCUT2D eigenvalue weighted by Crippen LogP contribution is -2.44. The van der Waals surface area contributed by atoms with Gasteiger partial charge in [0.25, 0.3) is 5.56 Å². The molecule has 0 saturated carbocycles. The fraction of sp³-hybridized carbons (Fsp3) is 0.167. The molecule has 0 spiro atoms. The molecule has 2 heterocycles. The Morgan fingerprint density at radius 3 is 2.40 bits per heavy atom. The van der Waals surface area contributed by atoms with Crippen molar-refractivity contribution in [3.63, 3.8) is 0 Å². The standard InChI is InChI=1S/C24H20Cl2N4O4S/c1-14-2-4-15(5-3-14)11-27-20(31)12-30-23(33)22-19(8-9-35-22)29(24(30)34)13-21(32)28-18-10-16(25)6-7-17(18)26/h2-10H,11-13H2,1H3,(H,27,31)(H,28,32). The summed E-state index contributed by atoms with van der Waals surface area (Å²) in [5, 5.41) is 7.65. The largest absolute Gasteiger partial charge is 0.350 e. The first-order valence-corrected chi connectivity index (χ1v) is 12.1. The molecule has 4 aromatic rings. The number of amides is 2. The summed E-state index contributed by atoms with van der Waals surface area (Å²) in [7, 11) is 0. The first-order chi connectivity index (χ1) is 16.7. The van der Waals surface area contributed by atoms with Gasteiger partial charge in [0.15, 0.2) is 0 Å². The van der Waals surface area contributed by atoms with Crippen LogP contribution >= 0.6 is 34.5 Å². The first kappa shape index (κ1) is 24.7. The van der Waals surface area contributed by atoms with Gasteiger partial charge in [0.2, 0.25) is 11.8 Å². The molecule has 0 bridgehead atoms. The SMILES string of the molecule is Cc1ccc(CNC(=O)Cn2c(=O)c3sccc3n(CC(=O)Nc3cc(Cl)ccc3Cl)c2=O)cc1. The molecule has 2 N–H and O–H groups in total. The molecular formula is C24H20Cl2N4O4S. The minimum atomic E-state index is -0.765. The molecule has 2 aromatic carbocycles. The molecule has 0 saturated heterocycles. The van der Waals surface area contributed by atoms with Gasteiger partial charge < -0.3 is 10.6 Å². The van der Waals surface area contributed by atoms with Gasteiger partial charge in [0.05, 0.1) is 16.2 Å². The predicted molar refractivity (Wildman–Crippen MR) is 138 cm³/mol. The molecule has 0 atom stereocenters.